The van der Waals surface area contributed by atoms with Crippen molar-refractivity contribution in [2.24, 2.45) is 5.92 Å². The van der Waals surface area contributed by atoms with Crippen molar-refractivity contribution in [3.05, 3.63) is 64.4 Å². The molecule has 0 saturated carbocycles. The number of nitrogens with zero attached hydrogens (tertiary/aromatic N) is 1. The van der Waals surface area contributed by atoms with E-state index in [0.717, 1.165) is 50.2 Å². The first-order chi connectivity index (χ1) is 12.2. The number of likely N-dealkylation sites (tertiary alicyclic amines) is 1. The normalized spacial score (nSPS) is 16.3. The Labute approximate surface area is 159 Å². The lowest BCUT2D eigenvalue weighted by molar-refractivity contribution is 0.177. The van der Waals surface area contributed by atoms with Gasteiger partial charge in [0.05, 0.1) is 0 Å². The molecule has 1 aliphatic rings. The van der Waals surface area contributed by atoms with Crippen molar-refractivity contribution >= 4 is 23.4 Å². The molecule has 0 bridgehead atoms. The molecule has 1 aliphatic heterocycles. The van der Waals surface area contributed by atoms with Gasteiger partial charge in [-0.2, -0.15) is 0 Å². The van der Waals surface area contributed by atoms with Gasteiger partial charge in [0.1, 0.15) is 5.82 Å². The summed E-state index contributed by atoms with van der Waals surface area (Å²) in [5.41, 5.74) is 2.33. The highest BCUT2D eigenvalue weighted by Gasteiger charge is 2.21. The fraction of sp³-hybridized carbons (Fsp3) is 0.429. The summed E-state index contributed by atoms with van der Waals surface area (Å²) in [6.45, 7) is 5.24. The van der Waals surface area contributed by atoms with Gasteiger partial charge < -0.3 is 0 Å². The molecule has 3 rings (SSSR count). The van der Waals surface area contributed by atoms with Gasteiger partial charge in [-0.15, -0.1) is 11.8 Å². The van der Waals surface area contributed by atoms with Crippen molar-refractivity contribution in [3.8, 4) is 0 Å². The van der Waals surface area contributed by atoms with Gasteiger partial charge in [0.25, 0.3) is 0 Å². The van der Waals surface area contributed by atoms with Crippen LogP contribution in [0.15, 0.2) is 47.4 Å². The summed E-state index contributed by atoms with van der Waals surface area (Å²) in [6.07, 6.45) is 3.18. The molecule has 0 spiro atoms. The molecule has 0 radical (unpaired) electrons. The van der Waals surface area contributed by atoms with Crippen LogP contribution < -0.4 is 0 Å². The zero-order valence-corrected chi connectivity index (χ0v) is 16.3. The summed E-state index contributed by atoms with van der Waals surface area (Å²) in [5.74, 6) is 1.31. The molecule has 0 aromatic heterocycles. The second-order valence-corrected chi connectivity index (χ2v) is 8.43. The van der Waals surface area contributed by atoms with E-state index in [1.54, 1.807) is 12.1 Å². The fourth-order valence-electron chi connectivity index (χ4n) is 3.49. The molecule has 2 aromatic carbocycles. The van der Waals surface area contributed by atoms with Crippen LogP contribution in [-0.2, 0) is 13.0 Å². The number of hydrogen-bond donors (Lipinski definition) is 0. The number of hydrogen-bond acceptors (Lipinski definition) is 2. The molecule has 134 valence electrons. The van der Waals surface area contributed by atoms with Crippen LogP contribution >= 0.6 is 23.4 Å². The Balaban J connectivity index is 1.54. The molecule has 25 heavy (non-hydrogen) atoms. The lowest BCUT2D eigenvalue weighted by Gasteiger charge is -2.32. The van der Waals surface area contributed by atoms with E-state index >= 15 is 0 Å². The predicted octanol–water partition coefficient (Wildman–Crippen LogP) is 6.05. The fourth-order valence-corrected chi connectivity index (χ4v) is 4.51. The van der Waals surface area contributed by atoms with Crippen LogP contribution in [0.1, 0.15) is 30.9 Å². The van der Waals surface area contributed by atoms with Crippen LogP contribution in [0, 0.1) is 11.7 Å². The van der Waals surface area contributed by atoms with Crippen LogP contribution in [0.3, 0.4) is 0 Å². The van der Waals surface area contributed by atoms with Gasteiger partial charge in [0.15, 0.2) is 0 Å². The van der Waals surface area contributed by atoms with Gasteiger partial charge >= 0.3 is 0 Å². The van der Waals surface area contributed by atoms with Crippen LogP contribution in [0.2, 0.25) is 5.02 Å². The number of benzene rings is 2. The van der Waals surface area contributed by atoms with E-state index in [2.05, 4.69) is 35.2 Å². The van der Waals surface area contributed by atoms with E-state index in [1.165, 1.54) is 17.3 Å². The molecule has 0 atom stereocenters. The maximum atomic E-state index is 14.2. The molecule has 4 heteroatoms. The van der Waals surface area contributed by atoms with Crippen molar-refractivity contribution in [2.45, 2.75) is 37.6 Å². The third-order valence-corrected chi connectivity index (χ3v) is 6.13. The van der Waals surface area contributed by atoms with E-state index in [0.29, 0.717) is 15.8 Å². The number of halogens is 2. The van der Waals surface area contributed by atoms with Gasteiger partial charge in [-0.3, -0.25) is 4.90 Å². The minimum Gasteiger partial charge on any atom is -0.299 e. The highest BCUT2D eigenvalue weighted by Crippen LogP contribution is 2.31. The molecule has 1 heterocycles. The van der Waals surface area contributed by atoms with Crippen LogP contribution in [0.5, 0.6) is 0 Å². The predicted molar refractivity (Wildman–Crippen MR) is 106 cm³/mol. The van der Waals surface area contributed by atoms with Crippen molar-refractivity contribution in [1.82, 2.24) is 4.90 Å². The molecule has 0 unspecified atom stereocenters. The zero-order valence-electron chi connectivity index (χ0n) is 14.7. The highest BCUT2D eigenvalue weighted by molar-refractivity contribution is 7.99. The SMILES string of the molecule is CCSc1cc(Cl)c(CC2CCN(Cc3ccccc3)CC2)cc1F. The van der Waals surface area contributed by atoms with Gasteiger partial charge in [-0.05, 0) is 67.3 Å². The molecule has 1 saturated heterocycles. The van der Waals surface area contributed by atoms with Crippen LogP contribution in [0.25, 0.3) is 0 Å². The molecule has 1 nitrogen and oxygen atoms in total. The van der Waals surface area contributed by atoms with Gasteiger partial charge in [-0.1, -0.05) is 48.9 Å². The maximum absolute atomic E-state index is 14.2. The maximum Gasteiger partial charge on any atom is 0.137 e. The van der Waals surface area contributed by atoms with E-state index in [4.69, 9.17) is 11.6 Å². The standard InChI is InChI=1S/C21H25ClFNS/c1-2-25-21-14-19(22)18(13-20(21)23)12-16-8-10-24(11-9-16)15-17-6-4-3-5-7-17/h3-7,13-14,16H,2,8-12,15H2,1H3. The van der Waals surface area contributed by atoms with Crippen LogP contribution in [0.4, 0.5) is 4.39 Å². The Kier molecular flexibility index (Phi) is 6.80. The van der Waals surface area contributed by atoms with E-state index in [-0.39, 0.29) is 5.82 Å². The first-order valence-electron chi connectivity index (χ1n) is 9.02. The van der Waals surface area contributed by atoms with Crippen molar-refractivity contribution < 1.29 is 4.39 Å². The summed E-state index contributed by atoms with van der Waals surface area (Å²) in [5, 5.41) is 0.712. The number of piperidine rings is 1. The first kappa shape index (κ1) is 18.8. The van der Waals surface area contributed by atoms with Gasteiger partial charge in [0.2, 0.25) is 0 Å². The largest absolute Gasteiger partial charge is 0.299 e. The van der Waals surface area contributed by atoms with Crippen LogP contribution in [-0.4, -0.2) is 23.7 Å². The van der Waals surface area contributed by atoms with Crippen molar-refractivity contribution in [3.63, 3.8) is 0 Å². The van der Waals surface area contributed by atoms with E-state index in [9.17, 15) is 4.39 Å². The Morgan fingerprint density at radius 3 is 2.56 bits per heavy atom. The van der Waals surface area contributed by atoms with E-state index < -0.39 is 0 Å². The Morgan fingerprint density at radius 1 is 1.16 bits per heavy atom. The molecule has 2 aromatic rings. The summed E-state index contributed by atoms with van der Waals surface area (Å²) in [4.78, 5) is 3.17. The molecular weight excluding hydrogens is 353 g/mol. The quantitative estimate of drug-likeness (QED) is 0.564. The Morgan fingerprint density at radius 2 is 1.88 bits per heavy atom. The second-order valence-electron chi connectivity index (χ2n) is 6.72. The Bertz CT molecular complexity index is 684. The van der Waals surface area contributed by atoms with E-state index in [1.807, 2.05) is 6.92 Å². The smallest absolute Gasteiger partial charge is 0.137 e. The van der Waals surface area contributed by atoms with Gasteiger partial charge in [0, 0.05) is 16.5 Å². The Hall–Kier alpha value is -1.03. The number of rotatable bonds is 6. The molecule has 0 amide bonds. The minimum absolute atomic E-state index is 0.132. The molecule has 0 aliphatic carbocycles. The summed E-state index contributed by atoms with van der Waals surface area (Å²) < 4.78 is 14.2. The second kappa shape index (κ2) is 9.07. The third kappa shape index (κ3) is 5.22. The molecule has 0 N–H and O–H groups in total. The average molecular weight is 378 g/mol. The zero-order chi connectivity index (χ0) is 17.6. The lowest BCUT2D eigenvalue weighted by Crippen LogP contribution is -2.33. The van der Waals surface area contributed by atoms with Crippen molar-refractivity contribution in [2.75, 3.05) is 18.8 Å². The van der Waals surface area contributed by atoms with Crippen molar-refractivity contribution in [1.29, 1.82) is 0 Å². The monoisotopic (exact) mass is 377 g/mol. The summed E-state index contributed by atoms with van der Waals surface area (Å²) >= 11 is 7.91. The highest BCUT2D eigenvalue weighted by atomic mass is 35.5. The topological polar surface area (TPSA) is 3.24 Å². The first-order valence-corrected chi connectivity index (χ1v) is 10.4. The third-order valence-electron chi connectivity index (χ3n) is 4.87. The summed E-state index contributed by atoms with van der Waals surface area (Å²) in [7, 11) is 0. The van der Waals surface area contributed by atoms with Gasteiger partial charge in [-0.25, -0.2) is 4.39 Å². The molecule has 1 fully saturated rings. The average Bonchev–Trinajstić information content (AvgIpc) is 2.62. The minimum atomic E-state index is -0.132. The number of thioether (sulfide) groups is 1. The lowest BCUT2D eigenvalue weighted by atomic mass is 9.90. The molecular formula is C21H25ClFNS. The summed E-state index contributed by atoms with van der Waals surface area (Å²) in [6, 6.07) is 14.1.